The van der Waals surface area contributed by atoms with Crippen LogP contribution in [-0.2, 0) is 24.3 Å². The van der Waals surface area contributed by atoms with Gasteiger partial charge in [0.05, 0.1) is 23.4 Å². The maximum Gasteiger partial charge on any atom is 0.312 e. The van der Waals surface area contributed by atoms with Gasteiger partial charge in [-0.1, -0.05) is 24.3 Å². The number of fused-ring (bicyclic) bond motifs is 2. The maximum atomic E-state index is 13.0. The fourth-order valence-electron chi connectivity index (χ4n) is 3.74. The molecular formula is C18H19N3O3. The highest BCUT2D eigenvalue weighted by atomic mass is 16.4. The lowest BCUT2D eigenvalue weighted by Gasteiger charge is -2.33. The van der Waals surface area contributed by atoms with E-state index in [0.717, 1.165) is 42.6 Å². The van der Waals surface area contributed by atoms with Crippen molar-refractivity contribution in [2.75, 3.05) is 6.54 Å². The van der Waals surface area contributed by atoms with Crippen LogP contribution in [0.3, 0.4) is 0 Å². The van der Waals surface area contributed by atoms with Crippen LogP contribution in [0, 0.1) is 0 Å². The van der Waals surface area contributed by atoms with Crippen molar-refractivity contribution in [2.24, 2.45) is 0 Å². The largest absolute Gasteiger partial charge is 0.481 e. The van der Waals surface area contributed by atoms with Gasteiger partial charge in [0.1, 0.15) is 0 Å². The number of amides is 1. The van der Waals surface area contributed by atoms with Crippen molar-refractivity contribution in [1.82, 2.24) is 14.7 Å². The summed E-state index contributed by atoms with van der Waals surface area (Å²) in [6, 6.07) is 7.48. The molecule has 0 aliphatic carbocycles. The Kier molecular flexibility index (Phi) is 3.59. The molecule has 0 saturated carbocycles. The molecule has 1 atom stereocenters. The van der Waals surface area contributed by atoms with Crippen LogP contribution in [0.25, 0.3) is 0 Å². The van der Waals surface area contributed by atoms with Gasteiger partial charge in [-0.2, -0.15) is 5.10 Å². The van der Waals surface area contributed by atoms with Crippen LogP contribution in [-0.4, -0.2) is 38.2 Å². The van der Waals surface area contributed by atoms with Crippen molar-refractivity contribution < 1.29 is 14.7 Å². The molecule has 2 aromatic rings. The Bertz CT molecular complexity index is 812. The molecule has 2 aliphatic heterocycles. The Morgan fingerprint density at radius 3 is 2.88 bits per heavy atom. The Morgan fingerprint density at radius 2 is 2.04 bits per heavy atom. The van der Waals surface area contributed by atoms with Crippen LogP contribution in [0.1, 0.15) is 45.9 Å². The second-order valence-electron chi connectivity index (χ2n) is 6.46. The van der Waals surface area contributed by atoms with Crippen LogP contribution < -0.4 is 0 Å². The number of aryl methyl sites for hydroxylation is 1. The maximum absolute atomic E-state index is 13.0. The van der Waals surface area contributed by atoms with Gasteiger partial charge in [-0.3, -0.25) is 14.3 Å². The lowest BCUT2D eigenvalue weighted by Crippen LogP contribution is -2.40. The van der Waals surface area contributed by atoms with Crippen LogP contribution in [0.4, 0.5) is 0 Å². The molecule has 1 N–H and O–H groups in total. The molecule has 0 unspecified atom stereocenters. The number of carbonyl (C=O) groups is 2. The number of aromatic nitrogens is 2. The highest BCUT2D eigenvalue weighted by Gasteiger charge is 2.34. The van der Waals surface area contributed by atoms with Gasteiger partial charge in [-0.05, 0) is 30.4 Å². The SMILES string of the molecule is O=C(O)[C@H]1CN(C(=O)c2cnn3c2CCCC3)Cc2ccccc21. The Hall–Kier alpha value is -2.63. The van der Waals surface area contributed by atoms with Gasteiger partial charge >= 0.3 is 5.97 Å². The quantitative estimate of drug-likeness (QED) is 0.917. The third kappa shape index (κ3) is 2.38. The summed E-state index contributed by atoms with van der Waals surface area (Å²) in [6.07, 6.45) is 4.64. The van der Waals surface area contributed by atoms with Crippen LogP contribution in [0.2, 0.25) is 0 Å². The van der Waals surface area contributed by atoms with Crippen LogP contribution in [0.15, 0.2) is 30.5 Å². The minimum atomic E-state index is -0.892. The summed E-state index contributed by atoms with van der Waals surface area (Å²) in [5.41, 5.74) is 3.33. The summed E-state index contributed by atoms with van der Waals surface area (Å²) in [5.74, 6) is -1.68. The van der Waals surface area contributed by atoms with Gasteiger partial charge in [0.15, 0.2) is 0 Å². The lowest BCUT2D eigenvalue weighted by atomic mass is 9.89. The fraction of sp³-hybridized carbons (Fsp3) is 0.389. The molecule has 1 aromatic carbocycles. The highest BCUT2D eigenvalue weighted by molar-refractivity contribution is 5.96. The molecule has 1 aromatic heterocycles. The zero-order valence-corrected chi connectivity index (χ0v) is 13.3. The van der Waals surface area contributed by atoms with E-state index in [-0.39, 0.29) is 12.5 Å². The highest BCUT2D eigenvalue weighted by Crippen LogP contribution is 2.30. The Morgan fingerprint density at radius 1 is 1.21 bits per heavy atom. The van der Waals surface area contributed by atoms with E-state index >= 15 is 0 Å². The average Bonchev–Trinajstić information content (AvgIpc) is 3.04. The normalized spacial score (nSPS) is 19.5. The van der Waals surface area contributed by atoms with Crippen molar-refractivity contribution in [1.29, 1.82) is 0 Å². The fourth-order valence-corrected chi connectivity index (χ4v) is 3.74. The summed E-state index contributed by atoms with van der Waals surface area (Å²) in [6.45, 7) is 1.50. The Balaban J connectivity index is 1.66. The van der Waals surface area contributed by atoms with Gasteiger partial charge in [-0.25, -0.2) is 0 Å². The first-order valence-corrected chi connectivity index (χ1v) is 8.29. The first kappa shape index (κ1) is 14.9. The molecule has 24 heavy (non-hydrogen) atoms. The third-order valence-electron chi connectivity index (χ3n) is 4.99. The van der Waals surface area contributed by atoms with E-state index in [1.165, 1.54) is 0 Å². The second kappa shape index (κ2) is 5.78. The van der Waals surface area contributed by atoms with Gasteiger partial charge in [0.2, 0.25) is 0 Å². The standard InChI is InChI=1S/C18H19N3O3/c22-17(14-9-19-21-8-4-3-7-16(14)21)20-10-12-5-1-2-6-13(12)15(11-20)18(23)24/h1-2,5-6,9,15H,3-4,7-8,10-11H2,(H,23,24)/t15-/m0/s1. The number of rotatable bonds is 2. The molecule has 0 bridgehead atoms. The van der Waals surface area contributed by atoms with Crippen molar-refractivity contribution in [3.05, 3.63) is 52.8 Å². The molecule has 0 saturated heterocycles. The lowest BCUT2D eigenvalue weighted by molar-refractivity contribution is -0.139. The minimum absolute atomic E-state index is 0.112. The monoisotopic (exact) mass is 325 g/mol. The summed E-state index contributed by atoms with van der Waals surface area (Å²) in [5, 5.41) is 13.9. The predicted molar refractivity (Wildman–Crippen MR) is 86.7 cm³/mol. The van der Waals surface area contributed by atoms with Crippen molar-refractivity contribution in [3.8, 4) is 0 Å². The van der Waals surface area contributed by atoms with Gasteiger partial charge in [-0.15, -0.1) is 0 Å². The predicted octanol–water partition coefficient (Wildman–Crippen LogP) is 2.04. The zero-order chi connectivity index (χ0) is 16.7. The van der Waals surface area contributed by atoms with E-state index < -0.39 is 11.9 Å². The molecule has 6 nitrogen and oxygen atoms in total. The number of hydrogen-bond acceptors (Lipinski definition) is 3. The van der Waals surface area contributed by atoms with Crippen LogP contribution in [0.5, 0.6) is 0 Å². The topological polar surface area (TPSA) is 75.4 Å². The van der Waals surface area contributed by atoms with Gasteiger partial charge in [0, 0.05) is 19.6 Å². The van der Waals surface area contributed by atoms with Crippen LogP contribution >= 0.6 is 0 Å². The number of nitrogens with zero attached hydrogens (tertiary/aromatic N) is 3. The number of carboxylic acid groups (broad SMARTS) is 1. The van der Waals surface area contributed by atoms with E-state index in [1.807, 2.05) is 28.9 Å². The molecule has 124 valence electrons. The molecule has 0 radical (unpaired) electrons. The molecule has 0 fully saturated rings. The molecule has 1 amide bonds. The average molecular weight is 325 g/mol. The van der Waals surface area contributed by atoms with Gasteiger partial charge < -0.3 is 10.0 Å². The van der Waals surface area contributed by atoms with E-state index in [9.17, 15) is 14.7 Å². The minimum Gasteiger partial charge on any atom is -0.481 e. The molecular weight excluding hydrogens is 306 g/mol. The summed E-state index contributed by atoms with van der Waals surface area (Å²) >= 11 is 0. The number of aliphatic carboxylic acids is 1. The second-order valence-corrected chi connectivity index (χ2v) is 6.46. The molecule has 6 heteroatoms. The number of carboxylic acids is 1. The number of hydrogen-bond donors (Lipinski definition) is 1. The van der Waals surface area contributed by atoms with Gasteiger partial charge in [0.25, 0.3) is 5.91 Å². The zero-order valence-electron chi connectivity index (χ0n) is 13.3. The number of carbonyl (C=O) groups excluding carboxylic acids is 1. The molecule has 2 aliphatic rings. The van der Waals surface area contributed by atoms with Crippen molar-refractivity contribution >= 4 is 11.9 Å². The van der Waals surface area contributed by atoms with E-state index in [4.69, 9.17) is 0 Å². The smallest absolute Gasteiger partial charge is 0.312 e. The van der Waals surface area contributed by atoms with E-state index in [2.05, 4.69) is 5.10 Å². The van der Waals surface area contributed by atoms with Crippen molar-refractivity contribution in [3.63, 3.8) is 0 Å². The summed E-state index contributed by atoms with van der Waals surface area (Å²) in [7, 11) is 0. The Labute approximate surface area is 139 Å². The third-order valence-corrected chi connectivity index (χ3v) is 4.99. The summed E-state index contributed by atoms with van der Waals surface area (Å²) < 4.78 is 1.91. The molecule has 4 rings (SSSR count). The van der Waals surface area contributed by atoms with E-state index in [0.29, 0.717) is 12.1 Å². The summed E-state index contributed by atoms with van der Waals surface area (Å²) in [4.78, 5) is 26.3. The number of benzene rings is 1. The first-order valence-electron chi connectivity index (χ1n) is 8.29. The molecule has 3 heterocycles. The first-order chi connectivity index (χ1) is 11.6. The van der Waals surface area contributed by atoms with E-state index in [1.54, 1.807) is 11.1 Å². The van der Waals surface area contributed by atoms with Crippen molar-refractivity contribution in [2.45, 2.75) is 38.3 Å². The molecule has 0 spiro atoms.